The quantitative estimate of drug-likeness (QED) is 0.788. The van der Waals surface area contributed by atoms with Crippen LogP contribution in [0.1, 0.15) is 29.6 Å². The van der Waals surface area contributed by atoms with E-state index in [2.05, 4.69) is 6.07 Å². The lowest BCUT2D eigenvalue weighted by molar-refractivity contribution is 0.100. The molecule has 111 valence electrons. The van der Waals surface area contributed by atoms with E-state index in [0.29, 0.717) is 27.8 Å². The lowest BCUT2D eigenvalue weighted by Crippen LogP contribution is -2.18. The van der Waals surface area contributed by atoms with Crippen LogP contribution in [0.4, 0.5) is 4.39 Å². The zero-order valence-electron chi connectivity index (χ0n) is 12.1. The molecule has 0 saturated heterocycles. The van der Waals surface area contributed by atoms with Crippen LogP contribution in [-0.4, -0.2) is 10.5 Å². The van der Waals surface area contributed by atoms with Gasteiger partial charge in [0, 0.05) is 22.9 Å². The van der Waals surface area contributed by atoms with E-state index in [0.717, 1.165) is 12.1 Å². The van der Waals surface area contributed by atoms with E-state index >= 15 is 0 Å². The summed E-state index contributed by atoms with van der Waals surface area (Å²) in [6.45, 7) is 0.775. The molecule has 1 saturated carbocycles. The highest BCUT2D eigenvalue weighted by Crippen LogP contribution is 2.36. The van der Waals surface area contributed by atoms with Gasteiger partial charge in [-0.3, -0.25) is 4.79 Å². The third-order valence-corrected chi connectivity index (χ3v) is 4.70. The summed E-state index contributed by atoms with van der Waals surface area (Å²) in [7, 11) is 0. The fourth-order valence-corrected chi connectivity index (χ4v) is 3.40. The number of hydrogen-bond donors (Lipinski definition) is 1. The third kappa shape index (κ3) is 1.83. The number of nitrogens with two attached hydrogens (primary N) is 1. The Morgan fingerprint density at radius 1 is 1.36 bits per heavy atom. The van der Waals surface area contributed by atoms with Crippen LogP contribution in [0.25, 0.3) is 21.8 Å². The Kier molecular flexibility index (Phi) is 2.93. The summed E-state index contributed by atoms with van der Waals surface area (Å²) in [6.07, 6.45) is 3.59. The van der Waals surface area contributed by atoms with Gasteiger partial charge in [-0.2, -0.15) is 0 Å². The summed E-state index contributed by atoms with van der Waals surface area (Å²) in [6, 6.07) is 11.5. The van der Waals surface area contributed by atoms with E-state index in [-0.39, 0.29) is 5.82 Å². The van der Waals surface area contributed by atoms with Gasteiger partial charge < -0.3 is 10.3 Å². The van der Waals surface area contributed by atoms with Crippen LogP contribution < -0.4 is 5.73 Å². The SMILES string of the molecule is NC(=O)c1cccc2c1c1[c]ccc(F)c1n2CC1CCC1. The summed E-state index contributed by atoms with van der Waals surface area (Å²) in [5.41, 5.74) is 7.32. The van der Waals surface area contributed by atoms with Gasteiger partial charge in [-0.15, -0.1) is 0 Å². The Morgan fingerprint density at radius 3 is 2.86 bits per heavy atom. The number of fused-ring (bicyclic) bond motifs is 3. The zero-order chi connectivity index (χ0) is 15.3. The molecular formula is C18H16FN2O. The minimum atomic E-state index is -0.494. The second kappa shape index (κ2) is 4.83. The van der Waals surface area contributed by atoms with Crippen LogP contribution in [0, 0.1) is 17.8 Å². The first-order chi connectivity index (χ1) is 10.7. The number of aromatic nitrogens is 1. The molecule has 1 aliphatic carbocycles. The highest BCUT2D eigenvalue weighted by molar-refractivity contribution is 6.17. The molecule has 3 nitrogen and oxygen atoms in total. The number of hydrogen-bond acceptors (Lipinski definition) is 1. The highest BCUT2D eigenvalue weighted by atomic mass is 19.1. The normalized spacial score (nSPS) is 15.3. The average Bonchev–Trinajstić information content (AvgIpc) is 2.78. The number of rotatable bonds is 3. The molecule has 4 rings (SSSR count). The summed E-state index contributed by atoms with van der Waals surface area (Å²) in [4.78, 5) is 11.7. The largest absolute Gasteiger partial charge is 0.366 e. The Morgan fingerprint density at radius 2 is 2.18 bits per heavy atom. The molecule has 1 aliphatic rings. The first-order valence-electron chi connectivity index (χ1n) is 7.57. The van der Waals surface area contributed by atoms with Gasteiger partial charge in [0.15, 0.2) is 0 Å². The van der Waals surface area contributed by atoms with Gasteiger partial charge in [0.25, 0.3) is 0 Å². The number of primary amides is 1. The number of amides is 1. The van der Waals surface area contributed by atoms with Crippen molar-refractivity contribution in [2.45, 2.75) is 25.8 Å². The van der Waals surface area contributed by atoms with E-state index in [9.17, 15) is 9.18 Å². The lowest BCUT2D eigenvalue weighted by atomic mass is 9.85. The third-order valence-electron chi connectivity index (χ3n) is 4.70. The standard InChI is InChI=1S/C18H16FN2O/c19-14-8-2-6-12-16-13(18(20)22)7-3-9-15(16)21(17(12)14)10-11-4-1-5-11/h2-3,7-9,11H,1,4-5,10H2,(H2,20,22). The maximum atomic E-state index is 14.4. The van der Waals surface area contributed by atoms with Crippen LogP contribution in [0.3, 0.4) is 0 Å². The molecule has 0 bridgehead atoms. The van der Waals surface area contributed by atoms with Crippen molar-refractivity contribution in [3.05, 3.63) is 47.8 Å². The van der Waals surface area contributed by atoms with Crippen molar-refractivity contribution in [3.8, 4) is 0 Å². The fraction of sp³-hybridized carbons (Fsp3) is 0.278. The predicted molar refractivity (Wildman–Crippen MR) is 84.1 cm³/mol. The molecule has 2 aromatic carbocycles. The van der Waals surface area contributed by atoms with Crippen molar-refractivity contribution in [3.63, 3.8) is 0 Å². The molecule has 1 amide bonds. The Balaban J connectivity index is 2.10. The van der Waals surface area contributed by atoms with E-state index < -0.39 is 5.91 Å². The van der Waals surface area contributed by atoms with Gasteiger partial charge in [-0.05, 0) is 43.0 Å². The zero-order valence-corrected chi connectivity index (χ0v) is 12.1. The van der Waals surface area contributed by atoms with Gasteiger partial charge in [0.2, 0.25) is 5.91 Å². The number of carbonyl (C=O) groups excluding carboxylic acids is 1. The van der Waals surface area contributed by atoms with Crippen molar-refractivity contribution < 1.29 is 9.18 Å². The Bertz CT molecular complexity index is 893. The first-order valence-corrected chi connectivity index (χ1v) is 7.57. The summed E-state index contributed by atoms with van der Waals surface area (Å²) < 4.78 is 16.4. The van der Waals surface area contributed by atoms with Gasteiger partial charge in [0.1, 0.15) is 5.82 Å². The maximum absolute atomic E-state index is 14.4. The monoisotopic (exact) mass is 295 g/mol. The van der Waals surface area contributed by atoms with E-state index in [4.69, 9.17) is 5.73 Å². The molecule has 4 heteroatoms. The molecule has 2 N–H and O–H groups in total. The van der Waals surface area contributed by atoms with Crippen molar-refractivity contribution >= 4 is 27.7 Å². The molecule has 3 aromatic rings. The summed E-state index contributed by atoms with van der Waals surface area (Å²) in [5, 5.41) is 1.35. The van der Waals surface area contributed by atoms with Gasteiger partial charge in [0.05, 0.1) is 11.0 Å². The number of carbonyl (C=O) groups is 1. The number of nitrogens with zero attached hydrogens (tertiary/aromatic N) is 1. The van der Waals surface area contributed by atoms with Crippen LogP contribution in [0.5, 0.6) is 0 Å². The van der Waals surface area contributed by atoms with Crippen molar-refractivity contribution in [1.29, 1.82) is 0 Å². The Hall–Kier alpha value is -2.36. The number of halogens is 1. The molecule has 0 aliphatic heterocycles. The van der Waals surface area contributed by atoms with Crippen LogP contribution >= 0.6 is 0 Å². The van der Waals surface area contributed by atoms with Crippen LogP contribution in [-0.2, 0) is 6.54 Å². The van der Waals surface area contributed by atoms with Crippen LogP contribution in [0.15, 0.2) is 30.3 Å². The van der Waals surface area contributed by atoms with Crippen LogP contribution in [0.2, 0.25) is 0 Å². The van der Waals surface area contributed by atoms with E-state index in [1.54, 1.807) is 18.2 Å². The second-order valence-corrected chi connectivity index (χ2v) is 6.02. The molecule has 0 spiro atoms. The second-order valence-electron chi connectivity index (χ2n) is 6.02. The highest BCUT2D eigenvalue weighted by Gasteiger charge is 2.23. The molecule has 1 heterocycles. The maximum Gasteiger partial charge on any atom is 0.249 e. The minimum Gasteiger partial charge on any atom is -0.366 e. The topological polar surface area (TPSA) is 48.0 Å². The molecule has 22 heavy (non-hydrogen) atoms. The molecule has 1 aromatic heterocycles. The van der Waals surface area contributed by atoms with E-state index in [1.165, 1.54) is 25.3 Å². The summed E-state index contributed by atoms with van der Waals surface area (Å²) >= 11 is 0. The molecule has 1 fully saturated rings. The first kappa shape index (κ1) is 13.3. The van der Waals surface area contributed by atoms with Gasteiger partial charge in [-0.1, -0.05) is 18.6 Å². The van der Waals surface area contributed by atoms with Gasteiger partial charge >= 0.3 is 0 Å². The molecular weight excluding hydrogens is 279 g/mol. The molecule has 1 radical (unpaired) electrons. The molecule has 0 atom stereocenters. The van der Waals surface area contributed by atoms with Gasteiger partial charge in [-0.25, -0.2) is 4.39 Å². The lowest BCUT2D eigenvalue weighted by Gasteiger charge is -2.26. The van der Waals surface area contributed by atoms with Crippen molar-refractivity contribution in [2.75, 3.05) is 0 Å². The van der Waals surface area contributed by atoms with Crippen molar-refractivity contribution in [2.24, 2.45) is 11.7 Å². The van der Waals surface area contributed by atoms with E-state index in [1.807, 2.05) is 10.6 Å². The summed E-state index contributed by atoms with van der Waals surface area (Å²) in [5.74, 6) is -0.193. The number of benzene rings is 2. The van der Waals surface area contributed by atoms with Crippen molar-refractivity contribution in [1.82, 2.24) is 4.57 Å². The Labute approximate surface area is 127 Å². The minimum absolute atomic E-state index is 0.278. The predicted octanol–water partition coefficient (Wildman–Crippen LogP) is 3.63. The smallest absolute Gasteiger partial charge is 0.249 e. The molecule has 0 unspecified atom stereocenters. The fourth-order valence-electron chi connectivity index (χ4n) is 3.40. The average molecular weight is 295 g/mol.